The molecule has 0 aliphatic heterocycles. The van der Waals surface area contributed by atoms with Crippen molar-refractivity contribution in [2.45, 2.75) is 31.4 Å². The van der Waals surface area contributed by atoms with Crippen molar-refractivity contribution in [1.82, 2.24) is 0 Å². The van der Waals surface area contributed by atoms with Crippen LogP contribution in [0.5, 0.6) is 0 Å². The van der Waals surface area contributed by atoms with Crippen LogP contribution >= 0.6 is 0 Å². The molecule has 1 heterocycles. The molecule has 0 unspecified atom stereocenters. The first kappa shape index (κ1) is 13.1. The molecule has 0 aliphatic rings. The standard InChI is InChI=1S/C13H17NO3S/c1-9(2)18(15,16)8-11-7-17-13-5-10(6-14)3-4-12(11)13/h3-5,7,9H,6,8,14H2,1-2H3. The highest BCUT2D eigenvalue weighted by molar-refractivity contribution is 7.91. The molecule has 0 radical (unpaired) electrons. The third-order valence-corrected chi connectivity index (χ3v) is 5.18. The van der Waals surface area contributed by atoms with Crippen molar-refractivity contribution in [3.05, 3.63) is 35.6 Å². The maximum atomic E-state index is 11.9. The lowest BCUT2D eigenvalue weighted by Gasteiger charge is -2.06. The Kier molecular flexibility index (Phi) is 3.45. The Hall–Kier alpha value is -1.33. The van der Waals surface area contributed by atoms with Gasteiger partial charge in [0.15, 0.2) is 9.84 Å². The number of hydrogen-bond donors (Lipinski definition) is 1. The number of hydrogen-bond acceptors (Lipinski definition) is 4. The molecule has 2 aromatic rings. The van der Waals surface area contributed by atoms with Gasteiger partial charge in [-0.25, -0.2) is 8.42 Å². The van der Waals surface area contributed by atoms with Crippen LogP contribution in [0, 0.1) is 0 Å². The highest BCUT2D eigenvalue weighted by atomic mass is 32.2. The molecular weight excluding hydrogens is 250 g/mol. The predicted octanol–water partition coefficient (Wildman–Crippen LogP) is 2.21. The van der Waals surface area contributed by atoms with Crippen molar-refractivity contribution in [3.63, 3.8) is 0 Å². The van der Waals surface area contributed by atoms with E-state index in [2.05, 4.69) is 0 Å². The fourth-order valence-electron chi connectivity index (χ4n) is 1.75. The maximum absolute atomic E-state index is 11.9. The van der Waals surface area contributed by atoms with Gasteiger partial charge in [0.2, 0.25) is 0 Å². The monoisotopic (exact) mass is 267 g/mol. The van der Waals surface area contributed by atoms with Gasteiger partial charge in [-0.3, -0.25) is 0 Å². The van der Waals surface area contributed by atoms with Crippen LogP contribution in [0.3, 0.4) is 0 Å². The van der Waals surface area contributed by atoms with Gasteiger partial charge < -0.3 is 10.2 Å². The van der Waals surface area contributed by atoms with Crippen LogP contribution in [-0.4, -0.2) is 13.7 Å². The van der Waals surface area contributed by atoms with E-state index in [0.29, 0.717) is 17.7 Å². The second-order valence-corrected chi connectivity index (χ2v) is 7.21. The highest BCUT2D eigenvalue weighted by Gasteiger charge is 2.19. The van der Waals surface area contributed by atoms with Crippen LogP contribution in [0.25, 0.3) is 11.0 Å². The molecule has 0 saturated carbocycles. The van der Waals surface area contributed by atoms with Gasteiger partial charge >= 0.3 is 0 Å². The summed E-state index contributed by atoms with van der Waals surface area (Å²) in [6.07, 6.45) is 1.52. The smallest absolute Gasteiger partial charge is 0.156 e. The summed E-state index contributed by atoms with van der Waals surface area (Å²) < 4.78 is 29.2. The molecule has 5 heteroatoms. The van der Waals surface area contributed by atoms with Crippen LogP contribution in [0.15, 0.2) is 28.9 Å². The minimum Gasteiger partial charge on any atom is -0.464 e. The molecule has 0 bridgehead atoms. The van der Waals surface area contributed by atoms with E-state index in [1.807, 2.05) is 18.2 Å². The Morgan fingerprint density at radius 3 is 2.67 bits per heavy atom. The lowest BCUT2D eigenvalue weighted by Crippen LogP contribution is -2.15. The van der Waals surface area contributed by atoms with Crippen LogP contribution in [0.4, 0.5) is 0 Å². The van der Waals surface area contributed by atoms with Gasteiger partial charge in [-0.15, -0.1) is 0 Å². The Bertz CT molecular complexity index is 656. The fourth-order valence-corrected chi connectivity index (χ4v) is 2.74. The lowest BCUT2D eigenvalue weighted by atomic mass is 10.1. The molecular formula is C13H17NO3S. The van der Waals surface area contributed by atoms with Gasteiger partial charge in [0, 0.05) is 17.5 Å². The summed E-state index contributed by atoms with van der Waals surface area (Å²) in [6.45, 7) is 3.81. The zero-order valence-electron chi connectivity index (χ0n) is 10.5. The number of benzene rings is 1. The third kappa shape index (κ3) is 2.42. The molecule has 18 heavy (non-hydrogen) atoms. The van der Waals surface area contributed by atoms with E-state index < -0.39 is 9.84 Å². The van der Waals surface area contributed by atoms with Crippen LogP contribution < -0.4 is 5.73 Å². The Labute approximate surface area is 107 Å². The summed E-state index contributed by atoms with van der Waals surface area (Å²) in [5.41, 5.74) is 7.92. The zero-order valence-corrected chi connectivity index (χ0v) is 11.3. The van der Waals surface area contributed by atoms with Crippen molar-refractivity contribution in [2.24, 2.45) is 5.73 Å². The molecule has 1 aromatic heterocycles. The van der Waals surface area contributed by atoms with Gasteiger partial charge in [-0.05, 0) is 25.5 Å². The summed E-state index contributed by atoms with van der Waals surface area (Å²) >= 11 is 0. The zero-order chi connectivity index (χ0) is 13.3. The average molecular weight is 267 g/mol. The summed E-state index contributed by atoms with van der Waals surface area (Å²) in [4.78, 5) is 0. The van der Waals surface area contributed by atoms with Crippen LogP contribution in [-0.2, 0) is 22.1 Å². The van der Waals surface area contributed by atoms with Crippen LogP contribution in [0.2, 0.25) is 0 Å². The predicted molar refractivity (Wildman–Crippen MR) is 71.9 cm³/mol. The quantitative estimate of drug-likeness (QED) is 0.921. The number of rotatable bonds is 4. The molecule has 1 aromatic carbocycles. The minimum atomic E-state index is -3.11. The van der Waals surface area contributed by atoms with Crippen LogP contribution in [0.1, 0.15) is 25.0 Å². The Morgan fingerprint density at radius 1 is 1.33 bits per heavy atom. The van der Waals surface area contributed by atoms with Gasteiger partial charge in [0.05, 0.1) is 17.3 Å². The number of sulfone groups is 1. The van der Waals surface area contributed by atoms with Crippen molar-refractivity contribution in [2.75, 3.05) is 0 Å². The molecule has 0 amide bonds. The van der Waals surface area contributed by atoms with E-state index in [4.69, 9.17) is 10.2 Å². The summed E-state index contributed by atoms with van der Waals surface area (Å²) in [5, 5.41) is 0.460. The average Bonchev–Trinajstić information content (AvgIpc) is 2.71. The van der Waals surface area contributed by atoms with Crippen molar-refractivity contribution in [3.8, 4) is 0 Å². The first-order valence-corrected chi connectivity index (χ1v) is 7.56. The molecule has 0 spiro atoms. The van der Waals surface area contributed by atoms with Gasteiger partial charge in [-0.1, -0.05) is 12.1 Å². The van der Waals surface area contributed by atoms with Gasteiger partial charge in [0.25, 0.3) is 0 Å². The molecule has 0 aliphatic carbocycles. The van der Waals surface area contributed by atoms with E-state index >= 15 is 0 Å². The van der Waals surface area contributed by atoms with E-state index in [1.54, 1.807) is 13.8 Å². The minimum absolute atomic E-state index is 0.0135. The highest BCUT2D eigenvalue weighted by Crippen LogP contribution is 2.25. The normalized spacial score (nSPS) is 12.4. The molecule has 2 rings (SSSR count). The first-order chi connectivity index (χ1) is 8.44. The first-order valence-electron chi connectivity index (χ1n) is 5.84. The largest absolute Gasteiger partial charge is 0.464 e. The summed E-state index contributed by atoms with van der Waals surface area (Å²) in [5.74, 6) is 0.0135. The lowest BCUT2D eigenvalue weighted by molar-refractivity contribution is 0.584. The second-order valence-electron chi connectivity index (χ2n) is 4.65. The molecule has 2 N–H and O–H groups in total. The number of nitrogens with two attached hydrogens (primary N) is 1. The molecule has 0 fully saturated rings. The summed E-state index contributed by atoms with van der Waals surface area (Å²) in [6, 6.07) is 5.61. The van der Waals surface area contributed by atoms with Gasteiger partial charge in [0.1, 0.15) is 5.58 Å². The molecule has 0 saturated heterocycles. The van der Waals surface area contributed by atoms with E-state index in [-0.39, 0.29) is 11.0 Å². The molecule has 4 nitrogen and oxygen atoms in total. The van der Waals surface area contributed by atoms with Gasteiger partial charge in [-0.2, -0.15) is 0 Å². The van der Waals surface area contributed by atoms with Crippen molar-refractivity contribution >= 4 is 20.8 Å². The maximum Gasteiger partial charge on any atom is 0.156 e. The third-order valence-electron chi connectivity index (χ3n) is 3.03. The Morgan fingerprint density at radius 2 is 2.06 bits per heavy atom. The molecule has 98 valence electrons. The van der Waals surface area contributed by atoms with Crippen molar-refractivity contribution < 1.29 is 12.8 Å². The second kappa shape index (κ2) is 4.74. The topological polar surface area (TPSA) is 73.3 Å². The van der Waals surface area contributed by atoms with E-state index in [9.17, 15) is 8.42 Å². The number of fused-ring (bicyclic) bond motifs is 1. The molecule has 0 atom stereocenters. The Balaban J connectivity index is 2.42. The van der Waals surface area contributed by atoms with Crippen molar-refractivity contribution in [1.29, 1.82) is 0 Å². The van der Waals surface area contributed by atoms with E-state index in [0.717, 1.165) is 10.9 Å². The summed E-state index contributed by atoms with van der Waals surface area (Å²) in [7, 11) is -3.11. The van der Waals surface area contributed by atoms with E-state index in [1.165, 1.54) is 6.26 Å². The SMILES string of the molecule is CC(C)S(=O)(=O)Cc1coc2cc(CN)ccc12. The fraction of sp³-hybridized carbons (Fsp3) is 0.385. The number of furan rings is 1.